The Kier molecular flexibility index (Phi) is 5.24. The first-order valence-corrected chi connectivity index (χ1v) is 10.5. The summed E-state index contributed by atoms with van der Waals surface area (Å²) in [6.45, 7) is 0. The van der Waals surface area contributed by atoms with Crippen molar-refractivity contribution in [2.75, 3.05) is 33.1 Å². The first-order valence-electron chi connectivity index (χ1n) is 10.5. The minimum absolute atomic E-state index is 0.0783. The number of aliphatic hydroxyl groups is 2. The van der Waals surface area contributed by atoms with Crippen LogP contribution in [0.3, 0.4) is 0 Å². The van der Waals surface area contributed by atoms with Gasteiger partial charge in [-0.15, -0.1) is 0 Å². The number of aromatic hydroxyl groups is 1. The summed E-state index contributed by atoms with van der Waals surface area (Å²) in [6, 6.07) is 0.361. The maximum atomic E-state index is 14.4. The second kappa shape index (κ2) is 7.58. The molecule has 1 aromatic carbocycles. The molecule has 0 spiro atoms. The van der Waals surface area contributed by atoms with Crippen molar-refractivity contribution >= 4 is 28.9 Å². The summed E-state index contributed by atoms with van der Waals surface area (Å²) in [6.07, 6.45) is 0.456. The lowest BCUT2D eigenvalue weighted by Crippen LogP contribution is -2.55. The summed E-state index contributed by atoms with van der Waals surface area (Å²) in [7, 11) is 6.70. The SMILES string of the molecule is CN(C)c1cc(F)c(O)c2c1C[C@H]1C[C@@H]3C(C(=O)C(C(N)=O)=C(O)C3N(C)C)C(=O)C1=C2O. The lowest BCUT2D eigenvalue weighted by Gasteiger charge is -2.46. The van der Waals surface area contributed by atoms with Gasteiger partial charge in [0.1, 0.15) is 17.1 Å². The van der Waals surface area contributed by atoms with Crippen LogP contribution in [0.2, 0.25) is 0 Å². The van der Waals surface area contributed by atoms with Crippen LogP contribution in [0.15, 0.2) is 23.0 Å². The molecular formula is C23H26FN3O6. The van der Waals surface area contributed by atoms with Gasteiger partial charge in [0.25, 0.3) is 5.91 Å². The van der Waals surface area contributed by atoms with Gasteiger partial charge in [-0.05, 0) is 44.3 Å². The number of phenolic OH excluding ortho intramolecular Hbond substituents is 1. The van der Waals surface area contributed by atoms with E-state index in [1.807, 2.05) is 0 Å². The smallest absolute Gasteiger partial charge is 0.255 e. The second-order valence-corrected chi connectivity index (χ2v) is 9.28. The molecule has 3 aliphatic rings. The number of ketones is 2. The molecule has 10 heteroatoms. The van der Waals surface area contributed by atoms with E-state index in [4.69, 9.17) is 5.73 Å². The van der Waals surface area contributed by atoms with Crippen LogP contribution in [-0.2, 0) is 20.8 Å². The lowest BCUT2D eigenvalue weighted by atomic mass is 9.59. The van der Waals surface area contributed by atoms with Crippen molar-refractivity contribution in [2.45, 2.75) is 18.9 Å². The number of allylic oxidation sites excluding steroid dienone is 1. The number of carbonyl (C=O) groups is 3. The number of anilines is 1. The molecule has 0 radical (unpaired) electrons. The van der Waals surface area contributed by atoms with Crippen molar-refractivity contribution in [1.82, 2.24) is 4.90 Å². The number of nitrogens with zero attached hydrogens (tertiary/aromatic N) is 2. The zero-order valence-corrected chi connectivity index (χ0v) is 18.7. The van der Waals surface area contributed by atoms with Crippen LogP contribution in [0.25, 0.3) is 5.76 Å². The zero-order valence-electron chi connectivity index (χ0n) is 18.7. The molecule has 0 heterocycles. The van der Waals surface area contributed by atoms with Crippen molar-refractivity contribution in [3.8, 4) is 5.75 Å². The molecule has 0 saturated heterocycles. The molecular weight excluding hydrogens is 433 g/mol. The number of nitrogens with two attached hydrogens (primary N) is 1. The Morgan fingerprint density at radius 1 is 1.12 bits per heavy atom. The molecule has 9 nitrogen and oxygen atoms in total. The highest BCUT2D eigenvalue weighted by Gasteiger charge is 2.55. The van der Waals surface area contributed by atoms with Crippen LogP contribution in [0.1, 0.15) is 17.5 Å². The highest BCUT2D eigenvalue weighted by Crippen LogP contribution is 2.52. The van der Waals surface area contributed by atoms with E-state index >= 15 is 0 Å². The number of fused-ring (bicyclic) bond motifs is 3. The second-order valence-electron chi connectivity index (χ2n) is 9.28. The fraction of sp³-hybridized carbons (Fsp3) is 0.435. The summed E-state index contributed by atoms with van der Waals surface area (Å²) in [4.78, 5) is 41.9. The van der Waals surface area contributed by atoms with Gasteiger partial charge in [-0.1, -0.05) is 0 Å². The molecule has 176 valence electrons. The van der Waals surface area contributed by atoms with Crippen LogP contribution in [0.4, 0.5) is 10.1 Å². The van der Waals surface area contributed by atoms with Crippen LogP contribution < -0.4 is 10.6 Å². The number of hydrogen-bond donors (Lipinski definition) is 4. The predicted octanol–water partition coefficient (Wildman–Crippen LogP) is 1.05. The van der Waals surface area contributed by atoms with Crippen molar-refractivity contribution in [1.29, 1.82) is 0 Å². The predicted molar refractivity (Wildman–Crippen MR) is 117 cm³/mol. The first kappa shape index (κ1) is 22.8. The number of hydrogen-bond acceptors (Lipinski definition) is 8. The van der Waals surface area contributed by atoms with Gasteiger partial charge in [0.05, 0.1) is 17.5 Å². The Balaban J connectivity index is 1.93. The molecule has 5 N–H and O–H groups in total. The molecule has 4 rings (SSSR count). The maximum absolute atomic E-state index is 14.4. The minimum Gasteiger partial charge on any atom is -0.510 e. The van der Waals surface area contributed by atoms with E-state index < -0.39 is 69.9 Å². The quantitative estimate of drug-likeness (QED) is 0.388. The number of primary amides is 1. The highest BCUT2D eigenvalue weighted by atomic mass is 19.1. The third-order valence-corrected chi connectivity index (χ3v) is 6.98. The Morgan fingerprint density at radius 2 is 1.76 bits per heavy atom. The maximum Gasteiger partial charge on any atom is 0.255 e. The van der Waals surface area contributed by atoms with Crippen LogP contribution in [0.5, 0.6) is 5.75 Å². The Hall–Kier alpha value is -3.40. The fourth-order valence-corrected chi connectivity index (χ4v) is 5.68. The number of aliphatic hydroxyl groups excluding tert-OH is 2. The number of likely N-dealkylation sites (N-methyl/N-ethyl adjacent to an activating group) is 1. The summed E-state index contributed by atoms with van der Waals surface area (Å²) < 4.78 is 14.4. The first-order chi connectivity index (χ1) is 15.4. The number of rotatable bonds is 3. The molecule has 0 aromatic heterocycles. The van der Waals surface area contributed by atoms with Crippen LogP contribution >= 0.6 is 0 Å². The number of halogens is 1. The van der Waals surface area contributed by atoms with Gasteiger partial charge < -0.3 is 26.0 Å². The Morgan fingerprint density at radius 3 is 2.30 bits per heavy atom. The number of amides is 1. The third-order valence-electron chi connectivity index (χ3n) is 6.98. The van der Waals surface area contributed by atoms with E-state index in [0.717, 1.165) is 0 Å². The molecule has 1 amide bonds. The largest absolute Gasteiger partial charge is 0.510 e. The molecule has 33 heavy (non-hydrogen) atoms. The van der Waals surface area contributed by atoms with Crippen molar-refractivity contribution < 1.29 is 34.1 Å². The molecule has 2 unspecified atom stereocenters. The molecule has 0 bridgehead atoms. The number of phenols is 1. The summed E-state index contributed by atoms with van der Waals surface area (Å²) in [5.41, 5.74) is 5.39. The molecule has 3 aliphatic carbocycles. The Bertz CT molecular complexity index is 1170. The van der Waals surface area contributed by atoms with Crippen molar-refractivity contribution in [3.05, 3.63) is 39.9 Å². The minimum atomic E-state index is -1.34. The average Bonchev–Trinajstić information content (AvgIpc) is 2.69. The monoisotopic (exact) mass is 459 g/mol. The lowest BCUT2D eigenvalue weighted by molar-refractivity contribution is -0.136. The standard InChI is InChI=1S/C23H26FN3O6/c1-26(2)12-7-11(24)18(28)14-9(12)5-8-6-10-15(20(30)13(8)19(14)29)21(31)16(23(25)33)22(32)17(10)27(3)4/h7-8,10,15,17,28-29,32H,5-6H2,1-4H3,(H2,25,33)/t8-,10+,15?,17?/m0/s1. The van der Waals surface area contributed by atoms with E-state index in [9.17, 15) is 34.1 Å². The Labute approximate surface area is 189 Å². The number of benzene rings is 1. The topological polar surface area (TPSA) is 144 Å². The van der Waals surface area contributed by atoms with Crippen LogP contribution in [-0.4, -0.2) is 71.9 Å². The highest BCUT2D eigenvalue weighted by molar-refractivity contribution is 6.28. The molecule has 0 aliphatic heterocycles. The van der Waals surface area contributed by atoms with E-state index in [1.165, 1.54) is 6.07 Å². The van der Waals surface area contributed by atoms with E-state index in [2.05, 4.69) is 0 Å². The molecule has 1 fully saturated rings. The van der Waals surface area contributed by atoms with Gasteiger partial charge in [-0.3, -0.25) is 19.3 Å². The van der Waals surface area contributed by atoms with Crippen molar-refractivity contribution in [3.63, 3.8) is 0 Å². The van der Waals surface area contributed by atoms with Gasteiger partial charge in [0, 0.05) is 31.4 Å². The van der Waals surface area contributed by atoms with Crippen molar-refractivity contribution in [2.24, 2.45) is 23.5 Å². The molecule has 1 saturated carbocycles. The van der Waals surface area contributed by atoms with E-state index in [1.54, 1.807) is 38.0 Å². The number of Topliss-reactive ketones (excluding diaryl/α,β-unsaturated/α-hetero) is 2. The number of carbonyl (C=O) groups excluding carboxylic acids is 3. The molecule has 1 aromatic rings. The van der Waals surface area contributed by atoms with Gasteiger partial charge in [-0.2, -0.15) is 0 Å². The zero-order chi connectivity index (χ0) is 24.5. The van der Waals surface area contributed by atoms with E-state index in [-0.39, 0.29) is 24.0 Å². The van der Waals surface area contributed by atoms with Crippen LogP contribution in [0, 0.1) is 23.6 Å². The van der Waals surface area contributed by atoms with E-state index in [0.29, 0.717) is 11.3 Å². The third kappa shape index (κ3) is 3.12. The summed E-state index contributed by atoms with van der Waals surface area (Å²) in [5.74, 6) is -8.04. The summed E-state index contributed by atoms with van der Waals surface area (Å²) >= 11 is 0. The summed E-state index contributed by atoms with van der Waals surface area (Å²) in [5, 5.41) is 32.1. The van der Waals surface area contributed by atoms with Gasteiger partial charge >= 0.3 is 0 Å². The van der Waals surface area contributed by atoms with Gasteiger partial charge in [0.15, 0.2) is 23.1 Å². The molecule has 4 atom stereocenters. The average molecular weight is 459 g/mol. The van der Waals surface area contributed by atoms with Gasteiger partial charge in [0.2, 0.25) is 0 Å². The normalized spacial score (nSPS) is 26.8. The fourth-order valence-electron chi connectivity index (χ4n) is 5.68. The van der Waals surface area contributed by atoms with Gasteiger partial charge in [-0.25, -0.2) is 4.39 Å².